The number of thioether (sulfide) groups is 1. The normalized spacial score (nSPS) is 13.9. The predicted octanol–water partition coefficient (Wildman–Crippen LogP) is 2.04. The standard InChI is InChI=1S/C10H11NO2S/c1-6(12)8-3-7-4-14-5-9(7)11-10(8)13-2/h3H,4-5H2,1-2H3. The fourth-order valence-electron chi connectivity index (χ4n) is 1.49. The summed E-state index contributed by atoms with van der Waals surface area (Å²) in [6.07, 6.45) is 0. The first-order valence-corrected chi connectivity index (χ1v) is 5.53. The highest BCUT2D eigenvalue weighted by Gasteiger charge is 2.18. The predicted molar refractivity (Wildman–Crippen MR) is 55.8 cm³/mol. The number of hydrogen-bond acceptors (Lipinski definition) is 4. The SMILES string of the molecule is COc1nc2c(cc1C(C)=O)CSC2. The zero-order valence-corrected chi connectivity index (χ0v) is 8.98. The van der Waals surface area contributed by atoms with Crippen molar-refractivity contribution >= 4 is 17.5 Å². The molecule has 0 spiro atoms. The lowest BCUT2D eigenvalue weighted by molar-refractivity contribution is 0.101. The zero-order valence-electron chi connectivity index (χ0n) is 8.16. The minimum atomic E-state index is 0.00838. The van der Waals surface area contributed by atoms with Gasteiger partial charge in [-0.3, -0.25) is 4.79 Å². The third kappa shape index (κ3) is 1.50. The van der Waals surface area contributed by atoms with Crippen molar-refractivity contribution in [1.29, 1.82) is 0 Å². The maximum atomic E-state index is 11.3. The average Bonchev–Trinajstić information content (AvgIpc) is 2.62. The van der Waals surface area contributed by atoms with Crippen LogP contribution in [0.15, 0.2) is 6.07 Å². The molecule has 1 aromatic rings. The summed E-state index contributed by atoms with van der Waals surface area (Å²) in [4.78, 5) is 15.6. The molecule has 0 aliphatic carbocycles. The number of methoxy groups -OCH3 is 1. The molecular formula is C10H11NO2S. The second-order valence-electron chi connectivity index (χ2n) is 3.20. The fourth-order valence-corrected chi connectivity index (χ4v) is 2.50. The Bertz CT molecular complexity index is 390. The van der Waals surface area contributed by atoms with Gasteiger partial charge in [0.25, 0.3) is 0 Å². The van der Waals surface area contributed by atoms with E-state index in [1.54, 1.807) is 7.11 Å². The minimum Gasteiger partial charge on any atom is -0.480 e. The number of Topliss-reactive ketones (excluding diaryl/α,β-unsaturated/α-hetero) is 1. The molecule has 0 aromatic carbocycles. The molecule has 0 amide bonds. The monoisotopic (exact) mass is 209 g/mol. The van der Waals surface area contributed by atoms with Gasteiger partial charge in [0.2, 0.25) is 5.88 Å². The van der Waals surface area contributed by atoms with Gasteiger partial charge in [-0.05, 0) is 18.6 Å². The van der Waals surface area contributed by atoms with Gasteiger partial charge in [0.1, 0.15) is 0 Å². The summed E-state index contributed by atoms with van der Waals surface area (Å²) in [7, 11) is 1.54. The van der Waals surface area contributed by atoms with Crippen molar-refractivity contribution in [3.05, 3.63) is 22.9 Å². The highest BCUT2D eigenvalue weighted by molar-refractivity contribution is 7.98. The fraction of sp³-hybridized carbons (Fsp3) is 0.400. The van der Waals surface area contributed by atoms with E-state index in [9.17, 15) is 4.79 Å². The zero-order chi connectivity index (χ0) is 10.1. The number of nitrogens with zero attached hydrogens (tertiary/aromatic N) is 1. The maximum absolute atomic E-state index is 11.3. The third-order valence-corrected chi connectivity index (χ3v) is 3.22. The van der Waals surface area contributed by atoms with Gasteiger partial charge in [-0.15, -0.1) is 0 Å². The summed E-state index contributed by atoms with van der Waals surface area (Å²) in [5, 5.41) is 0. The Hall–Kier alpha value is -1.03. The second kappa shape index (κ2) is 3.61. The number of pyridine rings is 1. The smallest absolute Gasteiger partial charge is 0.224 e. The van der Waals surface area contributed by atoms with E-state index >= 15 is 0 Å². The summed E-state index contributed by atoms with van der Waals surface area (Å²) in [5.74, 6) is 2.34. The quantitative estimate of drug-likeness (QED) is 0.699. The summed E-state index contributed by atoms with van der Waals surface area (Å²) in [5.41, 5.74) is 2.81. The molecule has 0 saturated carbocycles. The molecule has 3 nitrogen and oxygen atoms in total. The topological polar surface area (TPSA) is 39.2 Å². The number of carbonyl (C=O) groups excluding carboxylic acids is 1. The number of carbonyl (C=O) groups is 1. The van der Waals surface area contributed by atoms with Gasteiger partial charge in [0.15, 0.2) is 5.78 Å². The molecule has 0 saturated heterocycles. The van der Waals surface area contributed by atoms with Crippen molar-refractivity contribution in [1.82, 2.24) is 4.98 Å². The van der Waals surface area contributed by atoms with Crippen LogP contribution >= 0.6 is 11.8 Å². The van der Waals surface area contributed by atoms with Crippen LogP contribution in [0.4, 0.5) is 0 Å². The largest absolute Gasteiger partial charge is 0.480 e. The van der Waals surface area contributed by atoms with Crippen LogP contribution in [0.3, 0.4) is 0 Å². The molecule has 1 aliphatic rings. The Kier molecular flexibility index (Phi) is 2.46. The van der Waals surface area contributed by atoms with Crippen molar-refractivity contribution in [2.45, 2.75) is 18.4 Å². The van der Waals surface area contributed by atoms with E-state index < -0.39 is 0 Å². The van der Waals surface area contributed by atoms with Gasteiger partial charge >= 0.3 is 0 Å². The van der Waals surface area contributed by atoms with Crippen LogP contribution in [0.2, 0.25) is 0 Å². The van der Waals surface area contributed by atoms with Gasteiger partial charge in [-0.1, -0.05) is 0 Å². The Morgan fingerprint density at radius 1 is 1.57 bits per heavy atom. The van der Waals surface area contributed by atoms with E-state index in [-0.39, 0.29) is 5.78 Å². The second-order valence-corrected chi connectivity index (χ2v) is 4.19. The van der Waals surface area contributed by atoms with Crippen molar-refractivity contribution in [3.63, 3.8) is 0 Å². The van der Waals surface area contributed by atoms with Crippen LogP contribution in [0.1, 0.15) is 28.5 Å². The van der Waals surface area contributed by atoms with Crippen LogP contribution in [-0.2, 0) is 11.5 Å². The van der Waals surface area contributed by atoms with Crippen molar-refractivity contribution in [2.75, 3.05) is 7.11 Å². The number of ketones is 1. The molecule has 0 unspecified atom stereocenters. The van der Waals surface area contributed by atoms with Crippen molar-refractivity contribution in [2.24, 2.45) is 0 Å². The highest BCUT2D eigenvalue weighted by Crippen LogP contribution is 2.31. The van der Waals surface area contributed by atoms with Crippen molar-refractivity contribution in [3.8, 4) is 5.88 Å². The van der Waals surface area contributed by atoms with Crippen molar-refractivity contribution < 1.29 is 9.53 Å². The molecule has 0 radical (unpaired) electrons. The summed E-state index contributed by atoms with van der Waals surface area (Å²) in [6.45, 7) is 1.54. The molecule has 14 heavy (non-hydrogen) atoms. The third-order valence-electron chi connectivity index (χ3n) is 2.23. The number of ether oxygens (including phenoxy) is 1. The van der Waals surface area contributed by atoms with Crippen LogP contribution < -0.4 is 4.74 Å². The van der Waals surface area contributed by atoms with Gasteiger partial charge in [-0.2, -0.15) is 11.8 Å². The first-order chi connectivity index (χ1) is 6.72. The van der Waals surface area contributed by atoms with Gasteiger partial charge in [0, 0.05) is 11.5 Å². The molecule has 0 atom stereocenters. The van der Waals surface area contributed by atoms with Gasteiger partial charge in [-0.25, -0.2) is 4.98 Å². The maximum Gasteiger partial charge on any atom is 0.224 e. The molecule has 0 bridgehead atoms. The first-order valence-electron chi connectivity index (χ1n) is 4.38. The van der Waals surface area contributed by atoms with E-state index in [2.05, 4.69) is 4.98 Å². The Labute approximate surface area is 86.9 Å². The van der Waals surface area contributed by atoms with Crippen LogP contribution in [0.25, 0.3) is 0 Å². The summed E-state index contributed by atoms with van der Waals surface area (Å²) >= 11 is 1.81. The van der Waals surface area contributed by atoms with E-state index in [4.69, 9.17) is 4.74 Å². The Morgan fingerprint density at radius 3 is 3.00 bits per heavy atom. The molecule has 74 valence electrons. The molecular weight excluding hydrogens is 198 g/mol. The molecule has 2 rings (SSSR count). The van der Waals surface area contributed by atoms with Crippen LogP contribution in [0, 0.1) is 0 Å². The lowest BCUT2D eigenvalue weighted by atomic mass is 10.1. The lowest BCUT2D eigenvalue weighted by Gasteiger charge is -2.06. The molecule has 0 fully saturated rings. The van der Waals surface area contributed by atoms with Gasteiger partial charge in [0.05, 0.1) is 18.4 Å². The summed E-state index contributed by atoms with van der Waals surface area (Å²) < 4.78 is 5.09. The molecule has 4 heteroatoms. The number of fused-ring (bicyclic) bond motifs is 1. The first kappa shape index (κ1) is 9.52. The highest BCUT2D eigenvalue weighted by atomic mass is 32.2. The Morgan fingerprint density at radius 2 is 2.36 bits per heavy atom. The van der Waals surface area contributed by atoms with E-state index in [1.807, 2.05) is 17.8 Å². The lowest BCUT2D eigenvalue weighted by Crippen LogP contribution is -2.03. The molecule has 2 heterocycles. The average molecular weight is 209 g/mol. The minimum absolute atomic E-state index is 0.00838. The summed E-state index contributed by atoms with van der Waals surface area (Å²) in [6, 6.07) is 1.91. The number of hydrogen-bond donors (Lipinski definition) is 0. The van der Waals surface area contributed by atoms with E-state index in [1.165, 1.54) is 12.5 Å². The number of rotatable bonds is 2. The Balaban J connectivity index is 2.54. The number of aromatic nitrogens is 1. The molecule has 1 aliphatic heterocycles. The van der Waals surface area contributed by atoms with E-state index in [0.717, 1.165) is 17.2 Å². The van der Waals surface area contributed by atoms with Crippen LogP contribution in [0.5, 0.6) is 5.88 Å². The van der Waals surface area contributed by atoms with Crippen LogP contribution in [-0.4, -0.2) is 17.9 Å². The van der Waals surface area contributed by atoms with E-state index in [0.29, 0.717) is 11.4 Å². The molecule has 0 N–H and O–H groups in total. The van der Waals surface area contributed by atoms with Gasteiger partial charge < -0.3 is 4.74 Å². The molecule has 1 aromatic heterocycles.